The Kier molecular flexibility index (Phi) is 6.35. The first kappa shape index (κ1) is 19.2. The first-order chi connectivity index (χ1) is 13.1. The van der Waals surface area contributed by atoms with Crippen LogP contribution in [-0.2, 0) is 0 Å². The van der Waals surface area contributed by atoms with Crippen molar-refractivity contribution in [3.8, 4) is 5.75 Å². The van der Waals surface area contributed by atoms with Crippen molar-refractivity contribution < 1.29 is 9.53 Å². The third kappa shape index (κ3) is 4.80. The van der Waals surface area contributed by atoms with Crippen LogP contribution in [-0.4, -0.2) is 21.9 Å². The van der Waals surface area contributed by atoms with E-state index >= 15 is 0 Å². The maximum Gasteiger partial charge on any atom is 0.274 e. The molecule has 6 heteroatoms. The van der Waals surface area contributed by atoms with Gasteiger partial charge < -0.3 is 10.1 Å². The Morgan fingerprint density at radius 1 is 1.19 bits per heavy atom. The summed E-state index contributed by atoms with van der Waals surface area (Å²) in [6, 6.07) is 10.9. The van der Waals surface area contributed by atoms with Gasteiger partial charge in [-0.15, -0.1) is 0 Å². The number of nitrogens with zero attached hydrogens (tertiary/aromatic N) is 2. The second-order valence-electron chi connectivity index (χ2n) is 6.51. The fraction of sp³-hybridized carbons (Fsp3) is 0.333. The van der Waals surface area contributed by atoms with E-state index in [1.54, 1.807) is 22.7 Å². The minimum Gasteiger partial charge on any atom is -0.494 e. The molecule has 27 heavy (non-hydrogen) atoms. The van der Waals surface area contributed by atoms with Crippen molar-refractivity contribution in [2.75, 3.05) is 11.9 Å². The number of fused-ring (bicyclic) bond motifs is 1. The van der Waals surface area contributed by atoms with Gasteiger partial charge in [0.1, 0.15) is 17.1 Å². The van der Waals surface area contributed by atoms with Crippen LogP contribution in [0.3, 0.4) is 0 Å². The maximum atomic E-state index is 12.7. The summed E-state index contributed by atoms with van der Waals surface area (Å²) >= 11 is 6.00. The van der Waals surface area contributed by atoms with Gasteiger partial charge in [0.05, 0.1) is 12.3 Å². The first-order valence-corrected chi connectivity index (χ1v) is 9.64. The Labute approximate surface area is 164 Å². The lowest BCUT2D eigenvalue weighted by molar-refractivity contribution is 0.102. The summed E-state index contributed by atoms with van der Waals surface area (Å²) in [5, 5.41) is 3.50. The number of imidazole rings is 1. The summed E-state index contributed by atoms with van der Waals surface area (Å²) in [5.41, 5.74) is 2.51. The third-order valence-electron chi connectivity index (χ3n) is 4.36. The van der Waals surface area contributed by atoms with Gasteiger partial charge in [-0.1, -0.05) is 37.8 Å². The number of aryl methyl sites for hydroxylation is 1. The molecule has 0 bridgehead atoms. The van der Waals surface area contributed by atoms with Gasteiger partial charge in [0.25, 0.3) is 5.91 Å². The van der Waals surface area contributed by atoms with Gasteiger partial charge in [-0.25, -0.2) is 4.98 Å². The van der Waals surface area contributed by atoms with Crippen LogP contribution in [0.25, 0.3) is 5.65 Å². The molecule has 1 N–H and O–H groups in total. The van der Waals surface area contributed by atoms with Crippen molar-refractivity contribution in [2.45, 2.75) is 39.5 Å². The van der Waals surface area contributed by atoms with E-state index in [9.17, 15) is 4.79 Å². The molecular formula is C21H24ClN3O2. The first-order valence-electron chi connectivity index (χ1n) is 9.27. The predicted molar refractivity (Wildman–Crippen MR) is 109 cm³/mol. The van der Waals surface area contributed by atoms with E-state index in [1.165, 1.54) is 19.3 Å². The highest BCUT2D eigenvalue weighted by atomic mass is 35.5. The van der Waals surface area contributed by atoms with Crippen LogP contribution >= 0.6 is 11.6 Å². The van der Waals surface area contributed by atoms with Crippen LogP contribution < -0.4 is 10.1 Å². The van der Waals surface area contributed by atoms with Crippen molar-refractivity contribution >= 4 is 28.8 Å². The zero-order valence-electron chi connectivity index (χ0n) is 15.7. The van der Waals surface area contributed by atoms with Crippen molar-refractivity contribution in [1.29, 1.82) is 0 Å². The van der Waals surface area contributed by atoms with Crippen molar-refractivity contribution in [2.24, 2.45) is 0 Å². The Balaban J connectivity index is 1.64. The van der Waals surface area contributed by atoms with Gasteiger partial charge >= 0.3 is 0 Å². The number of unbranched alkanes of at least 4 members (excludes halogenated alkanes) is 3. The Morgan fingerprint density at radius 3 is 2.70 bits per heavy atom. The third-order valence-corrected chi connectivity index (χ3v) is 4.59. The highest BCUT2D eigenvalue weighted by Crippen LogP contribution is 2.20. The quantitative estimate of drug-likeness (QED) is 0.520. The van der Waals surface area contributed by atoms with Gasteiger partial charge in [0, 0.05) is 23.0 Å². The van der Waals surface area contributed by atoms with Gasteiger partial charge in [0.15, 0.2) is 0 Å². The molecule has 0 fully saturated rings. The molecule has 0 radical (unpaired) electrons. The molecule has 1 amide bonds. The molecule has 0 aliphatic heterocycles. The number of hydrogen-bond acceptors (Lipinski definition) is 3. The number of halogens is 1. The van der Waals surface area contributed by atoms with E-state index in [0.29, 0.717) is 27.7 Å². The number of rotatable bonds is 8. The second kappa shape index (κ2) is 8.91. The molecule has 2 aromatic heterocycles. The largest absolute Gasteiger partial charge is 0.494 e. The van der Waals surface area contributed by atoms with Crippen molar-refractivity contribution in [1.82, 2.24) is 9.38 Å². The minimum absolute atomic E-state index is 0.212. The van der Waals surface area contributed by atoms with E-state index in [-0.39, 0.29) is 5.91 Å². The molecule has 3 aromatic rings. The number of pyridine rings is 1. The number of carbonyl (C=O) groups excluding carboxylic acids is 1. The minimum atomic E-state index is -0.212. The van der Waals surface area contributed by atoms with Gasteiger partial charge in [-0.2, -0.15) is 0 Å². The number of anilines is 1. The highest BCUT2D eigenvalue weighted by molar-refractivity contribution is 6.30. The maximum absolute atomic E-state index is 12.7. The molecule has 0 spiro atoms. The Bertz CT molecular complexity index is 919. The average molecular weight is 386 g/mol. The van der Waals surface area contributed by atoms with E-state index in [2.05, 4.69) is 17.2 Å². The van der Waals surface area contributed by atoms with Crippen LogP contribution in [0.15, 0.2) is 42.6 Å². The number of benzene rings is 1. The molecule has 0 saturated heterocycles. The van der Waals surface area contributed by atoms with Gasteiger partial charge in [0.2, 0.25) is 0 Å². The van der Waals surface area contributed by atoms with Crippen LogP contribution in [0.5, 0.6) is 5.75 Å². The summed E-state index contributed by atoms with van der Waals surface area (Å²) < 4.78 is 7.47. The predicted octanol–water partition coefficient (Wildman–Crippen LogP) is 5.51. The topological polar surface area (TPSA) is 55.6 Å². The fourth-order valence-corrected chi connectivity index (χ4v) is 3.11. The summed E-state index contributed by atoms with van der Waals surface area (Å²) in [6.07, 6.45) is 6.46. The summed E-state index contributed by atoms with van der Waals surface area (Å²) in [7, 11) is 0. The second-order valence-corrected chi connectivity index (χ2v) is 6.94. The molecular weight excluding hydrogens is 362 g/mol. The monoisotopic (exact) mass is 385 g/mol. The number of carbonyl (C=O) groups is 1. The molecule has 0 saturated carbocycles. The number of aromatic nitrogens is 2. The molecule has 5 nitrogen and oxygen atoms in total. The number of amides is 1. The molecule has 142 valence electrons. The van der Waals surface area contributed by atoms with Crippen LogP contribution in [0, 0.1) is 6.92 Å². The van der Waals surface area contributed by atoms with Crippen molar-refractivity contribution in [3.05, 3.63) is 59.0 Å². The lowest BCUT2D eigenvalue weighted by atomic mass is 10.2. The van der Waals surface area contributed by atoms with Gasteiger partial charge in [-0.05, 0) is 43.7 Å². The lowest BCUT2D eigenvalue weighted by Crippen LogP contribution is -2.15. The molecule has 1 aromatic carbocycles. The van der Waals surface area contributed by atoms with Crippen LogP contribution in [0.2, 0.25) is 5.02 Å². The smallest absolute Gasteiger partial charge is 0.274 e. The SMILES string of the molecule is CCCCCCOc1ccc(NC(=O)c2c(C)nc3cc(Cl)ccn23)cc1. The molecule has 3 rings (SSSR count). The summed E-state index contributed by atoms with van der Waals surface area (Å²) in [6.45, 7) is 4.72. The number of hydrogen-bond donors (Lipinski definition) is 1. The molecule has 0 atom stereocenters. The molecule has 2 heterocycles. The van der Waals surface area contributed by atoms with E-state index < -0.39 is 0 Å². The zero-order valence-corrected chi connectivity index (χ0v) is 16.4. The summed E-state index contributed by atoms with van der Waals surface area (Å²) in [4.78, 5) is 17.1. The number of ether oxygens (including phenoxy) is 1. The van der Waals surface area contributed by atoms with Crippen LogP contribution in [0.1, 0.15) is 48.8 Å². The fourth-order valence-electron chi connectivity index (χ4n) is 2.95. The van der Waals surface area contributed by atoms with E-state index in [0.717, 1.165) is 18.8 Å². The van der Waals surface area contributed by atoms with Crippen LogP contribution in [0.4, 0.5) is 5.69 Å². The van der Waals surface area contributed by atoms with Gasteiger partial charge in [-0.3, -0.25) is 9.20 Å². The Hall–Kier alpha value is -2.53. The lowest BCUT2D eigenvalue weighted by Gasteiger charge is -2.09. The summed E-state index contributed by atoms with van der Waals surface area (Å²) in [5.74, 6) is 0.598. The molecule has 0 aliphatic carbocycles. The zero-order chi connectivity index (χ0) is 19.2. The van der Waals surface area contributed by atoms with E-state index in [1.807, 2.05) is 31.2 Å². The normalized spacial score (nSPS) is 10.9. The van der Waals surface area contributed by atoms with Crippen molar-refractivity contribution in [3.63, 3.8) is 0 Å². The molecule has 0 aliphatic rings. The molecule has 0 unspecified atom stereocenters. The Morgan fingerprint density at radius 2 is 1.96 bits per heavy atom. The van der Waals surface area contributed by atoms with E-state index in [4.69, 9.17) is 16.3 Å². The average Bonchev–Trinajstić information content (AvgIpc) is 2.97. The standard InChI is InChI=1S/C21H24ClN3O2/c1-3-4-5-6-13-27-18-9-7-17(8-10-18)24-21(26)20-15(2)23-19-14-16(22)11-12-25(19)20/h7-12,14H,3-6,13H2,1-2H3,(H,24,26). The highest BCUT2D eigenvalue weighted by Gasteiger charge is 2.17. The number of nitrogens with one attached hydrogen (secondary N) is 1.